The van der Waals surface area contributed by atoms with Crippen molar-refractivity contribution in [2.24, 2.45) is 0 Å². The summed E-state index contributed by atoms with van der Waals surface area (Å²) in [5.41, 5.74) is -0.120. The average molecular weight is 439 g/mol. The van der Waals surface area contributed by atoms with E-state index in [0.717, 1.165) is 12.1 Å². The summed E-state index contributed by atoms with van der Waals surface area (Å²) in [4.78, 5) is 32.9. The SMILES string of the molecule is N#C/C(=C\c1ccc(-c2cccc([N+](=O)[O-])c2)o1)C(=O)Nc1ccc([N+](=O)[O-])cc1Cl. The number of anilines is 1. The van der Waals surface area contributed by atoms with Gasteiger partial charge < -0.3 is 9.73 Å². The van der Waals surface area contributed by atoms with E-state index in [-0.39, 0.29) is 33.4 Å². The second-order valence-corrected chi connectivity index (χ2v) is 6.46. The molecule has 10 nitrogen and oxygen atoms in total. The number of hydrogen-bond acceptors (Lipinski definition) is 7. The van der Waals surface area contributed by atoms with E-state index < -0.39 is 15.8 Å². The van der Waals surface area contributed by atoms with E-state index in [1.807, 2.05) is 0 Å². The normalized spacial score (nSPS) is 10.9. The number of non-ortho nitro benzene ring substituents is 2. The van der Waals surface area contributed by atoms with E-state index in [4.69, 9.17) is 16.0 Å². The molecule has 11 heteroatoms. The summed E-state index contributed by atoms with van der Waals surface area (Å²) in [6, 6.07) is 14.1. The van der Waals surface area contributed by atoms with Crippen LogP contribution in [0.15, 0.2) is 64.6 Å². The molecule has 3 rings (SSSR count). The lowest BCUT2D eigenvalue weighted by atomic mass is 10.1. The number of hydrogen-bond donors (Lipinski definition) is 1. The summed E-state index contributed by atoms with van der Waals surface area (Å²) in [6.07, 6.45) is 1.19. The largest absolute Gasteiger partial charge is 0.457 e. The molecule has 0 bridgehead atoms. The van der Waals surface area contributed by atoms with Gasteiger partial charge in [0.15, 0.2) is 0 Å². The van der Waals surface area contributed by atoms with Crippen molar-refractivity contribution in [2.45, 2.75) is 0 Å². The topological polar surface area (TPSA) is 152 Å². The summed E-state index contributed by atoms with van der Waals surface area (Å²) < 4.78 is 5.57. The first kappa shape index (κ1) is 21.2. The molecule has 0 saturated carbocycles. The average Bonchev–Trinajstić information content (AvgIpc) is 3.22. The second kappa shape index (κ2) is 8.89. The van der Waals surface area contributed by atoms with Crippen LogP contribution in [0, 0.1) is 31.6 Å². The number of rotatable bonds is 6. The molecule has 31 heavy (non-hydrogen) atoms. The van der Waals surface area contributed by atoms with Crippen LogP contribution in [0.4, 0.5) is 17.1 Å². The molecule has 1 N–H and O–H groups in total. The molecule has 154 valence electrons. The van der Waals surface area contributed by atoms with Crippen molar-refractivity contribution in [2.75, 3.05) is 5.32 Å². The number of nitrogens with zero attached hydrogens (tertiary/aromatic N) is 3. The number of carbonyl (C=O) groups excluding carboxylic acids is 1. The monoisotopic (exact) mass is 438 g/mol. The third-order valence-corrected chi connectivity index (χ3v) is 4.34. The maximum atomic E-state index is 12.4. The zero-order valence-electron chi connectivity index (χ0n) is 15.4. The summed E-state index contributed by atoms with van der Waals surface area (Å²) in [5.74, 6) is -0.319. The van der Waals surface area contributed by atoms with Crippen LogP contribution in [0.5, 0.6) is 0 Å². The molecule has 0 unspecified atom stereocenters. The number of carbonyl (C=O) groups is 1. The Hall–Kier alpha value is -4.49. The van der Waals surface area contributed by atoms with Gasteiger partial charge in [-0.25, -0.2) is 0 Å². The first-order chi connectivity index (χ1) is 14.8. The molecule has 2 aromatic carbocycles. The molecular weight excluding hydrogens is 428 g/mol. The Balaban J connectivity index is 1.82. The van der Waals surface area contributed by atoms with Gasteiger partial charge in [0.2, 0.25) is 0 Å². The van der Waals surface area contributed by atoms with Crippen molar-refractivity contribution in [3.63, 3.8) is 0 Å². The summed E-state index contributed by atoms with van der Waals surface area (Å²) >= 11 is 5.94. The highest BCUT2D eigenvalue weighted by atomic mass is 35.5. The standard InChI is InChI=1S/C20H11ClN4O6/c21-17-10-15(25(29)30)4-6-18(17)23-20(26)13(11-22)9-16-5-7-19(31-16)12-2-1-3-14(8-12)24(27)28/h1-10H,(H,23,26)/b13-9+. The maximum absolute atomic E-state index is 12.4. The lowest BCUT2D eigenvalue weighted by Crippen LogP contribution is -2.13. The van der Waals surface area contributed by atoms with Crippen LogP contribution < -0.4 is 5.32 Å². The molecule has 0 spiro atoms. The molecule has 0 aliphatic rings. The van der Waals surface area contributed by atoms with Crippen LogP contribution >= 0.6 is 11.6 Å². The van der Waals surface area contributed by atoms with Crippen LogP contribution in [-0.2, 0) is 4.79 Å². The number of amides is 1. The van der Waals surface area contributed by atoms with Gasteiger partial charge in [0, 0.05) is 35.9 Å². The first-order valence-electron chi connectivity index (χ1n) is 8.50. The predicted molar refractivity (Wildman–Crippen MR) is 111 cm³/mol. The van der Waals surface area contributed by atoms with E-state index in [2.05, 4.69) is 5.32 Å². The zero-order chi connectivity index (χ0) is 22.5. The number of halogens is 1. The van der Waals surface area contributed by atoms with Crippen LogP contribution in [-0.4, -0.2) is 15.8 Å². The minimum absolute atomic E-state index is 0.0641. The van der Waals surface area contributed by atoms with Crippen LogP contribution in [0.2, 0.25) is 5.02 Å². The molecule has 0 fully saturated rings. The van der Waals surface area contributed by atoms with Crippen molar-refractivity contribution in [3.8, 4) is 17.4 Å². The number of nitro benzene ring substituents is 2. The first-order valence-corrected chi connectivity index (χ1v) is 8.88. The smallest absolute Gasteiger partial charge is 0.271 e. The Bertz CT molecular complexity index is 1270. The Morgan fingerprint density at radius 3 is 2.42 bits per heavy atom. The van der Waals surface area contributed by atoms with Gasteiger partial charge in [-0.1, -0.05) is 23.7 Å². The molecule has 1 amide bonds. The summed E-state index contributed by atoms with van der Waals surface area (Å²) in [6.45, 7) is 0. The highest BCUT2D eigenvalue weighted by molar-refractivity contribution is 6.34. The van der Waals surface area contributed by atoms with Crippen LogP contribution in [0.1, 0.15) is 5.76 Å². The molecule has 0 saturated heterocycles. The number of benzene rings is 2. The summed E-state index contributed by atoms with van der Waals surface area (Å²) in [5, 5.41) is 33.3. The van der Waals surface area contributed by atoms with Crippen LogP contribution in [0.25, 0.3) is 17.4 Å². The number of nitro groups is 2. The number of nitrogens with one attached hydrogen (secondary N) is 1. The van der Waals surface area contributed by atoms with Crippen molar-refractivity contribution in [1.82, 2.24) is 0 Å². The molecule has 0 aliphatic heterocycles. The van der Waals surface area contributed by atoms with E-state index in [1.54, 1.807) is 18.2 Å². The molecule has 3 aromatic rings. The van der Waals surface area contributed by atoms with Gasteiger partial charge in [0.25, 0.3) is 17.3 Å². The van der Waals surface area contributed by atoms with Gasteiger partial charge in [0.05, 0.1) is 20.6 Å². The molecule has 0 atom stereocenters. The molecule has 0 radical (unpaired) electrons. The van der Waals surface area contributed by atoms with E-state index in [9.17, 15) is 30.3 Å². The van der Waals surface area contributed by atoms with E-state index in [1.165, 1.54) is 36.4 Å². The van der Waals surface area contributed by atoms with Gasteiger partial charge in [-0.15, -0.1) is 0 Å². The van der Waals surface area contributed by atoms with Gasteiger partial charge in [-0.05, 0) is 18.2 Å². The van der Waals surface area contributed by atoms with Crippen molar-refractivity contribution >= 4 is 40.6 Å². The van der Waals surface area contributed by atoms with Crippen LogP contribution in [0.3, 0.4) is 0 Å². The van der Waals surface area contributed by atoms with E-state index >= 15 is 0 Å². The lowest BCUT2D eigenvalue weighted by Gasteiger charge is -2.06. The zero-order valence-corrected chi connectivity index (χ0v) is 16.2. The van der Waals surface area contributed by atoms with Gasteiger partial charge in [-0.3, -0.25) is 25.0 Å². The number of furan rings is 1. The summed E-state index contributed by atoms with van der Waals surface area (Å²) in [7, 11) is 0. The Labute approximate surface area is 179 Å². The van der Waals surface area contributed by atoms with Gasteiger partial charge >= 0.3 is 0 Å². The van der Waals surface area contributed by atoms with Crippen molar-refractivity contribution in [3.05, 3.63) is 91.2 Å². The molecule has 1 aromatic heterocycles. The van der Waals surface area contributed by atoms with E-state index in [0.29, 0.717) is 11.3 Å². The quantitative estimate of drug-likeness (QED) is 0.247. The Morgan fingerprint density at radius 2 is 1.77 bits per heavy atom. The minimum atomic E-state index is -0.799. The fourth-order valence-electron chi connectivity index (χ4n) is 2.56. The fourth-order valence-corrected chi connectivity index (χ4v) is 2.78. The third-order valence-electron chi connectivity index (χ3n) is 4.03. The Morgan fingerprint density at radius 1 is 1.06 bits per heavy atom. The Kier molecular flexibility index (Phi) is 6.09. The fraction of sp³-hybridized carbons (Fsp3) is 0. The second-order valence-electron chi connectivity index (χ2n) is 6.05. The van der Waals surface area contributed by atoms with Crippen molar-refractivity contribution in [1.29, 1.82) is 5.26 Å². The molecular formula is C20H11ClN4O6. The van der Waals surface area contributed by atoms with Crippen molar-refractivity contribution < 1.29 is 19.1 Å². The van der Waals surface area contributed by atoms with Gasteiger partial charge in [-0.2, -0.15) is 5.26 Å². The molecule has 0 aliphatic carbocycles. The number of nitriles is 1. The molecule has 1 heterocycles. The minimum Gasteiger partial charge on any atom is -0.457 e. The third kappa shape index (κ3) is 4.92. The van der Waals surface area contributed by atoms with Gasteiger partial charge in [0.1, 0.15) is 23.2 Å². The predicted octanol–water partition coefficient (Wildman–Crippen LogP) is 4.96. The lowest BCUT2D eigenvalue weighted by molar-refractivity contribution is -0.385. The highest BCUT2D eigenvalue weighted by Crippen LogP contribution is 2.28. The maximum Gasteiger partial charge on any atom is 0.271 e. The highest BCUT2D eigenvalue weighted by Gasteiger charge is 2.16.